The van der Waals surface area contributed by atoms with Crippen molar-refractivity contribution >= 4 is 11.8 Å². The summed E-state index contributed by atoms with van der Waals surface area (Å²) < 4.78 is 23.6. The molecule has 0 radical (unpaired) electrons. The van der Waals surface area contributed by atoms with E-state index in [0.29, 0.717) is 32.2 Å². The van der Waals surface area contributed by atoms with Crippen molar-refractivity contribution in [3.8, 4) is 17.0 Å². The van der Waals surface area contributed by atoms with Crippen molar-refractivity contribution in [3.05, 3.63) is 76.9 Å². The summed E-state index contributed by atoms with van der Waals surface area (Å²) in [7, 11) is 1.66. The Hall–Kier alpha value is -3.46. The van der Waals surface area contributed by atoms with Crippen molar-refractivity contribution in [3.63, 3.8) is 0 Å². The van der Waals surface area contributed by atoms with Crippen LogP contribution in [0.1, 0.15) is 62.3 Å². The van der Waals surface area contributed by atoms with Gasteiger partial charge in [0.25, 0.3) is 0 Å². The van der Waals surface area contributed by atoms with Crippen molar-refractivity contribution in [2.75, 3.05) is 44.9 Å². The summed E-state index contributed by atoms with van der Waals surface area (Å²) in [5, 5.41) is 0. The van der Waals surface area contributed by atoms with Gasteiger partial charge in [-0.3, -0.25) is 9.69 Å². The molecule has 0 unspecified atom stereocenters. The third kappa shape index (κ3) is 7.56. The molecule has 4 heterocycles. The number of para-hydroxylation sites is 1. The zero-order valence-electron chi connectivity index (χ0n) is 28.1. The summed E-state index contributed by atoms with van der Waals surface area (Å²) >= 11 is 0. The Balaban J connectivity index is 1.14. The number of benzene rings is 2. The number of carbonyl (C=O) groups is 1. The fourth-order valence-electron chi connectivity index (χ4n) is 7.04. The third-order valence-electron chi connectivity index (χ3n) is 9.52. The Morgan fingerprint density at radius 3 is 2.59 bits per heavy atom. The largest absolute Gasteiger partial charge is 0.488 e. The molecule has 2 saturated heterocycles. The van der Waals surface area contributed by atoms with Gasteiger partial charge in [-0.2, -0.15) is 0 Å². The highest BCUT2D eigenvalue weighted by atomic mass is 16.6. The van der Waals surface area contributed by atoms with Gasteiger partial charge in [-0.25, -0.2) is 4.98 Å². The van der Waals surface area contributed by atoms with Gasteiger partial charge in [-0.05, 0) is 93.8 Å². The van der Waals surface area contributed by atoms with E-state index in [-0.39, 0.29) is 18.0 Å². The van der Waals surface area contributed by atoms with Gasteiger partial charge in [-0.1, -0.05) is 36.4 Å². The number of methoxy groups -OCH3 is 1. The molecule has 3 aliphatic rings. The van der Waals surface area contributed by atoms with Gasteiger partial charge >= 0.3 is 5.97 Å². The molecular formula is C38H49N3O5. The van der Waals surface area contributed by atoms with Gasteiger partial charge < -0.3 is 23.8 Å². The molecule has 3 aromatic rings. The zero-order chi connectivity index (χ0) is 32.3. The highest BCUT2D eigenvalue weighted by Crippen LogP contribution is 2.35. The summed E-state index contributed by atoms with van der Waals surface area (Å²) in [4.78, 5) is 22.8. The number of fused-ring (bicyclic) bond motifs is 1. The van der Waals surface area contributed by atoms with Crippen molar-refractivity contribution in [1.29, 1.82) is 0 Å². The molecule has 0 saturated carbocycles. The highest BCUT2D eigenvalue weighted by molar-refractivity contribution is 5.74. The van der Waals surface area contributed by atoms with Crippen LogP contribution in [0.4, 0.5) is 5.82 Å². The fourth-order valence-corrected chi connectivity index (χ4v) is 7.04. The minimum absolute atomic E-state index is 0.196. The Kier molecular flexibility index (Phi) is 9.97. The van der Waals surface area contributed by atoms with Crippen LogP contribution < -0.4 is 9.64 Å². The molecule has 0 spiro atoms. The van der Waals surface area contributed by atoms with E-state index in [2.05, 4.69) is 53.1 Å². The second kappa shape index (κ2) is 14.1. The van der Waals surface area contributed by atoms with Crippen molar-refractivity contribution < 1.29 is 23.7 Å². The Bertz CT molecular complexity index is 1510. The Morgan fingerprint density at radius 2 is 1.80 bits per heavy atom. The number of pyridine rings is 1. The Morgan fingerprint density at radius 1 is 1.00 bits per heavy atom. The van der Waals surface area contributed by atoms with Crippen LogP contribution in [-0.4, -0.2) is 73.6 Å². The number of ether oxygens (including phenoxy) is 4. The first kappa shape index (κ1) is 32.5. The van der Waals surface area contributed by atoms with E-state index in [0.717, 1.165) is 74.0 Å². The molecule has 0 aliphatic carbocycles. The number of piperidine rings is 1. The van der Waals surface area contributed by atoms with Crippen molar-refractivity contribution in [2.45, 2.75) is 84.3 Å². The first-order chi connectivity index (χ1) is 22.2. The van der Waals surface area contributed by atoms with Crippen LogP contribution in [-0.2, 0) is 38.6 Å². The maximum Gasteiger partial charge on any atom is 0.312 e. The molecule has 2 fully saturated rings. The van der Waals surface area contributed by atoms with Crippen LogP contribution in [0.2, 0.25) is 0 Å². The molecule has 8 heteroatoms. The lowest BCUT2D eigenvalue weighted by Crippen LogP contribution is -2.49. The number of esters is 1. The normalized spacial score (nSPS) is 21.1. The number of carbonyl (C=O) groups excluding carboxylic acids is 1. The number of hydrogen-bond donors (Lipinski definition) is 0. The predicted molar refractivity (Wildman–Crippen MR) is 180 cm³/mol. The number of aromatic nitrogens is 1. The molecule has 2 aromatic carbocycles. The van der Waals surface area contributed by atoms with E-state index in [1.807, 2.05) is 39.0 Å². The predicted octanol–water partition coefficient (Wildman–Crippen LogP) is 6.36. The number of nitrogens with zero attached hydrogens (tertiary/aromatic N) is 3. The van der Waals surface area contributed by atoms with Crippen LogP contribution in [0, 0.1) is 12.8 Å². The molecular weight excluding hydrogens is 578 g/mol. The van der Waals surface area contributed by atoms with Gasteiger partial charge in [-0.15, -0.1) is 0 Å². The average molecular weight is 628 g/mol. The van der Waals surface area contributed by atoms with Crippen molar-refractivity contribution in [1.82, 2.24) is 9.88 Å². The average Bonchev–Trinajstić information content (AvgIpc) is 3.06. The molecule has 246 valence electrons. The quantitative estimate of drug-likeness (QED) is 0.268. The van der Waals surface area contributed by atoms with E-state index in [1.165, 1.54) is 16.7 Å². The number of aryl methyl sites for hydroxylation is 1. The summed E-state index contributed by atoms with van der Waals surface area (Å²) in [6.07, 6.45) is 3.72. The van der Waals surface area contributed by atoms with Crippen LogP contribution in [0.25, 0.3) is 11.3 Å². The molecule has 3 aliphatic heterocycles. The molecule has 0 amide bonds. The smallest absolute Gasteiger partial charge is 0.312 e. The lowest BCUT2D eigenvalue weighted by molar-refractivity contribution is -0.165. The number of anilines is 1. The van der Waals surface area contributed by atoms with Gasteiger partial charge in [0.15, 0.2) is 0 Å². The number of hydrogen-bond acceptors (Lipinski definition) is 8. The first-order valence-electron chi connectivity index (χ1n) is 16.8. The van der Waals surface area contributed by atoms with E-state index < -0.39 is 5.60 Å². The van der Waals surface area contributed by atoms with E-state index in [1.54, 1.807) is 7.11 Å². The summed E-state index contributed by atoms with van der Waals surface area (Å²) in [5.41, 5.74) is 6.44. The van der Waals surface area contributed by atoms with Crippen LogP contribution in [0.15, 0.2) is 54.6 Å². The Labute approximate surface area is 274 Å². The second-order valence-electron chi connectivity index (χ2n) is 13.9. The van der Waals surface area contributed by atoms with E-state index in [4.69, 9.17) is 23.9 Å². The molecule has 6 rings (SSSR count). The topological polar surface area (TPSA) is 73.4 Å². The van der Waals surface area contributed by atoms with Gasteiger partial charge in [0.2, 0.25) is 0 Å². The first-order valence-corrected chi connectivity index (χ1v) is 16.8. The monoisotopic (exact) mass is 627 g/mol. The summed E-state index contributed by atoms with van der Waals surface area (Å²) in [5.74, 6) is 1.22. The zero-order valence-corrected chi connectivity index (χ0v) is 28.1. The van der Waals surface area contributed by atoms with Crippen LogP contribution in [0.3, 0.4) is 0 Å². The third-order valence-corrected chi connectivity index (χ3v) is 9.52. The molecule has 46 heavy (non-hydrogen) atoms. The molecule has 1 aromatic heterocycles. The minimum atomic E-state index is -0.525. The maximum absolute atomic E-state index is 12.9. The maximum atomic E-state index is 12.9. The van der Waals surface area contributed by atoms with Gasteiger partial charge in [0, 0.05) is 58.1 Å². The molecule has 8 nitrogen and oxygen atoms in total. The van der Waals surface area contributed by atoms with Gasteiger partial charge in [0.1, 0.15) is 23.8 Å². The van der Waals surface area contributed by atoms with Crippen LogP contribution >= 0.6 is 0 Å². The van der Waals surface area contributed by atoms with E-state index >= 15 is 0 Å². The lowest BCUT2D eigenvalue weighted by atomic mass is 9.93. The minimum Gasteiger partial charge on any atom is -0.488 e. The molecule has 2 atom stereocenters. The summed E-state index contributed by atoms with van der Waals surface area (Å²) in [6.45, 7) is 13.4. The van der Waals surface area contributed by atoms with Crippen LogP contribution in [0.5, 0.6) is 5.75 Å². The second-order valence-corrected chi connectivity index (χ2v) is 13.9. The standard InChI is InChI=1S/C38H49N3O5/c1-26-8-6-9-31(33-10-7-11-35(39-33)41-19-15-32(34(24-41)43-5)37(42)46-38(2,3)4)36(26)45-25-27-12-13-29-23-40(18-14-28(29)22-27)30-16-20-44-21-17-30/h6-13,22,30,32,34H,14-21,23-25H2,1-5H3/t32-,34+/m1/s1. The van der Waals surface area contributed by atoms with Crippen molar-refractivity contribution in [2.24, 2.45) is 5.92 Å². The summed E-state index contributed by atoms with van der Waals surface area (Å²) in [6, 6.07) is 19.8. The van der Waals surface area contributed by atoms with E-state index in [9.17, 15) is 4.79 Å². The lowest BCUT2D eigenvalue weighted by Gasteiger charge is -2.38. The number of rotatable bonds is 8. The SMILES string of the molecule is CO[C@H]1CN(c2cccc(-c3cccc(C)c3OCc3ccc4c(c3)CCN(C3CCOCC3)C4)n2)CC[C@H]1C(=O)OC(C)(C)C. The molecule has 0 bridgehead atoms. The highest BCUT2D eigenvalue weighted by Gasteiger charge is 2.37. The molecule has 0 N–H and O–H groups in total. The fraction of sp³-hybridized carbons (Fsp3) is 0.526. The van der Waals surface area contributed by atoms with Gasteiger partial charge in [0.05, 0.1) is 17.7 Å².